The van der Waals surface area contributed by atoms with Crippen molar-refractivity contribution < 1.29 is 14.7 Å². The fraction of sp³-hybridized carbons (Fsp3) is 0.579. The first-order chi connectivity index (χ1) is 11.5. The SMILES string of the molecule is CCC(C(=O)NCC(CC(C)O)c1ccccc1)N1CCCC1=O. The van der Waals surface area contributed by atoms with E-state index in [1.165, 1.54) is 0 Å². The molecule has 1 aromatic rings. The summed E-state index contributed by atoms with van der Waals surface area (Å²) in [5.41, 5.74) is 1.10. The van der Waals surface area contributed by atoms with E-state index in [2.05, 4.69) is 5.32 Å². The summed E-state index contributed by atoms with van der Waals surface area (Å²) >= 11 is 0. The predicted molar refractivity (Wildman–Crippen MR) is 93.5 cm³/mol. The van der Waals surface area contributed by atoms with E-state index in [4.69, 9.17) is 0 Å². The van der Waals surface area contributed by atoms with Crippen molar-refractivity contribution in [3.8, 4) is 0 Å². The monoisotopic (exact) mass is 332 g/mol. The highest BCUT2D eigenvalue weighted by Crippen LogP contribution is 2.21. The van der Waals surface area contributed by atoms with E-state index in [0.717, 1.165) is 12.0 Å². The minimum atomic E-state index is -0.436. The maximum atomic E-state index is 12.6. The van der Waals surface area contributed by atoms with Gasteiger partial charge in [-0.05, 0) is 31.7 Å². The Hall–Kier alpha value is -1.88. The third-order valence-corrected chi connectivity index (χ3v) is 4.59. The van der Waals surface area contributed by atoms with E-state index in [-0.39, 0.29) is 23.8 Å². The number of hydrogen-bond donors (Lipinski definition) is 2. The van der Waals surface area contributed by atoms with Gasteiger partial charge in [0, 0.05) is 25.4 Å². The lowest BCUT2D eigenvalue weighted by atomic mass is 9.93. The summed E-state index contributed by atoms with van der Waals surface area (Å²) in [6, 6.07) is 9.52. The van der Waals surface area contributed by atoms with E-state index in [0.29, 0.717) is 32.4 Å². The number of carbonyl (C=O) groups is 2. The first kappa shape index (κ1) is 18.5. The van der Waals surface area contributed by atoms with Crippen LogP contribution in [0.2, 0.25) is 0 Å². The van der Waals surface area contributed by atoms with Crippen LogP contribution in [0.15, 0.2) is 30.3 Å². The number of benzene rings is 1. The van der Waals surface area contributed by atoms with Gasteiger partial charge in [-0.25, -0.2) is 0 Å². The van der Waals surface area contributed by atoms with Gasteiger partial charge in [0.1, 0.15) is 6.04 Å². The number of aliphatic hydroxyl groups excluding tert-OH is 1. The number of nitrogens with one attached hydrogen (secondary N) is 1. The van der Waals surface area contributed by atoms with Crippen LogP contribution in [0.5, 0.6) is 0 Å². The molecule has 24 heavy (non-hydrogen) atoms. The van der Waals surface area contributed by atoms with Crippen LogP contribution in [-0.2, 0) is 9.59 Å². The summed E-state index contributed by atoms with van der Waals surface area (Å²) in [4.78, 5) is 26.2. The smallest absolute Gasteiger partial charge is 0.242 e. The Morgan fingerprint density at radius 3 is 2.58 bits per heavy atom. The summed E-state index contributed by atoms with van der Waals surface area (Å²) in [7, 11) is 0. The average molecular weight is 332 g/mol. The molecular formula is C19H28N2O3. The van der Waals surface area contributed by atoms with E-state index in [1.807, 2.05) is 37.3 Å². The zero-order valence-corrected chi connectivity index (χ0v) is 14.6. The van der Waals surface area contributed by atoms with Gasteiger partial charge in [0.15, 0.2) is 0 Å². The first-order valence-electron chi connectivity index (χ1n) is 8.83. The topological polar surface area (TPSA) is 69.6 Å². The van der Waals surface area contributed by atoms with Crippen molar-refractivity contribution in [2.45, 2.75) is 57.6 Å². The zero-order valence-electron chi connectivity index (χ0n) is 14.6. The van der Waals surface area contributed by atoms with Crippen LogP contribution in [0.1, 0.15) is 51.0 Å². The molecule has 5 nitrogen and oxygen atoms in total. The molecule has 2 amide bonds. The van der Waals surface area contributed by atoms with Crippen molar-refractivity contribution in [1.29, 1.82) is 0 Å². The van der Waals surface area contributed by atoms with Gasteiger partial charge < -0.3 is 15.3 Å². The molecule has 3 atom stereocenters. The van der Waals surface area contributed by atoms with E-state index in [1.54, 1.807) is 11.8 Å². The van der Waals surface area contributed by atoms with Gasteiger partial charge in [0.25, 0.3) is 0 Å². The largest absolute Gasteiger partial charge is 0.393 e. The summed E-state index contributed by atoms with van der Waals surface area (Å²) < 4.78 is 0. The highest BCUT2D eigenvalue weighted by molar-refractivity contribution is 5.88. The lowest BCUT2D eigenvalue weighted by molar-refractivity contribution is -0.137. The lowest BCUT2D eigenvalue weighted by Crippen LogP contribution is -2.48. The number of hydrogen-bond acceptors (Lipinski definition) is 3. The number of rotatable bonds is 8. The van der Waals surface area contributed by atoms with Crippen molar-refractivity contribution in [2.75, 3.05) is 13.1 Å². The molecule has 1 aliphatic heterocycles. The summed E-state index contributed by atoms with van der Waals surface area (Å²) in [5, 5.41) is 12.7. The Morgan fingerprint density at radius 1 is 1.33 bits per heavy atom. The number of amides is 2. The molecule has 0 aromatic heterocycles. The molecule has 2 rings (SSSR count). The van der Waals surface area contributed by atoms with Gasteiger partial charge >= 0.3 is 0 Å². The maximum absolute atomic E-state index is 12.6. The van der Waals surface area contributed by atoms with Gasteiger partial charge in [-0.1, -0.05) is 37.3 Å². The lowest BCUT2D eigenvalue weighted by Gasteiger charge is -2.27. The third-order valence-electron chi connectivity index (χ3n) is 4.59. The van der Waals surface area contributed by atoms with Crippen molar-refractivity contribution in [3.63, 3.8) is 0 Å². The van der Waals surface area contributed by atoms with Crippen LogP contribution in [-0.4, -0.2) is 47.1 Å². The molecule has 5 heteroatoms. The molecule has 0 spiro atoms. The number of likely N-dealkylation sites (tertiary alicyclic amines) is 1. The number of aliphatic hydroxyl groups is 1. The molecule has 0 saturated carbocycles. The van der Waals surface area contributed by atoms with Gasteiger partial charge in [0.05, 0.1) is 6.10 Å². The molecule has 1 saturated heterocycles. The van der Waals surface area contributed by atoms with Gasteiger partial charge in [-0.2, -0.15) is 0 Å². The van der Waals surface area contributed by atoms with E-state index in [9.17, 15) is 14.7 Å². The average Bonchev–Trinajstić information content (AvgIpc) is 2.98. The van der Waals surface area contributed by atoms with Crippen LogP contribution in [0.25, 0.3) is 0 Å². The van der Waals surface area contributed by atoms with Crippen LogP contribution < -0.4 is 5.32 Å². The number of nitrogens with zero attached hydrogens (tertiary/aromatic N) is 1. The van der Waals surface area contributed by atoms with Crippen LogP contribution >= 0.6 is 0 Å². The van der Waals surface area contributed by atoms with Crippen molar-refractivity contribution >= 4 is 11.8 Å². The van der Waals surface area contributed by atoms with Crippen molar-refractivity contribution in [3.05, 3.63) is 35.9 Å². The molecule has 2 N–H and O–H groups in total. The van der Waals surface area contributed by atoms with E-state index >= 15 is 0 Å². The maximum Gasteiger partial charge on any atom is 0.242 e. The second-order valence-corrected chi connectivity index (χ2v) is 6.55. The first-order valence-corrected chi connectivity index (χ1v) is 8.83. The fourth-order valence-corrected chi connectivity index (χ4v) is 3.36. The van der Waals surface area contributed by atoms with Crippen LogP contribution in [0.4, 0.5) is 0 Å². The highest BCUT2D eigenvalue weighted by Gasteiger charge is 2.31. The Kier molecular flexibility index (Phi) is 6.79. The molecular weight excluding hydrogens is 304 g/mol. The summed E-state index contributed by atoms with van der Waals surface area (Å²) in [5.74, 6) is 0.0294. The molecule has 1 aromatic carbocycles. The predicted octanol–water partition coefficient (Wildman–Crippen LogP) is 2.06. The normalized spacial score (nSPS) is 18.3. The Labute approximate surface area is 144 Å². The Balaban J connectivity index is 1.99. The molecule has 0 bridgehead atoms. The Bertz CT molecular complexity index is 545. The van der Waals surface area contributed by atoms with Gasteiger partial charge in [0.2, 0.25) is 11.8 Å². The molecule has 1 fully saturated rings. The van der Waals surface area contributed by atoms with Crippen molar-refractivity contribution in [1.82, 2.24) is 10.2 Å². The summed E-state index contributed by atoms with van der Waals surface area (Å²) in [6.07, 6.45) is 2.14. The van der Waals surface area contributed by atoms with Crippen LogP contribution in [0, 0.1) is 0 Å². The minimum Gasteiger partial charge on any atom is -0.393 e. The van der Waals surface area contributed by atoms with Gasteiger partial charge in [-0.15, -0.1) is 0 Å². The standard InChI is InChI=1S/C19H28N2O3/c1-3-17(21-11-7-10-18(21)23)19(24)20-13-16(12-14(2)22)15-8-5-4-6-9-15/h4-6,8-9,14,16-17,22H,3,7,10-13H2,1-2H3,(H,20,24). The third kappa shape index (κ3) is 4.81. The second kappa shape index (κ2) is 8.83. The molecule has 0 radical (unpaired) electrons. The molecule has 1 heterocycles. The summed E-state index contributed by atoms with van der Waals surface area (Å²) in [6.45, 7) is 4.82. The van der Waals surface area contributed by atoms with Gasteiger partial charge in [-0.3, -0.25) is 9.59 Å². The molecule has 3 unspecified atom stereocenters. The van der Waals surface area contributed by atoms with Crippen molar-refractivity contribution in [2.24, 2.45) is 0 Å². The minimum absolute atomic E-state index is 0.0573. The fourth-order valence-electron chi connectivity index (χ4n) is 3.36. The Morgan fingerprint density at radius 2 is 2.04 bits per heavy atom. The zero-order chi connectivity index (χ0) is 17.5. The quantitative estimate of drug-likeness (QED) is 0.765. The number of carbonyl (C=O) groups excluding carboxylic acids is 2. The van der Waals surface area contributed by atoms with E-state index < -0.39 is 6.10 Å². The van der Waals surface area contributed by atoms with Crippen LogP contribution in [0.3, 0.4) is 0 Å². The molecule has 0 aliphatic carbocycles. The molecule has 1 aliphatic rings. The molecule has 132 valence electrons. The highest BCUT2D eigenvalue weighted by atomic mass is 16.3. The second-order valence-electron chi connectivity index (χ2n) is 6.55.